The standard InChI is InChI=1S/C22H33ClN4O6S/c1-21(2,3)33-19(30)15-13-34-17(27-15)11-25-16(28)10-14(8-6-7-9-23)32-18(29)12-26-20(31)22(4,5)24/h6,8,13-14H,7,9-12,24H2,1-5H3,(H,25,28)(H,26,31)/b8-6+. The summed E-state index contributed by atoms with van der Waals surface area (Å²) in [6.45, 7) is 8.01. The number of hydrogen-bond donors (Lipinski definition) is 3. The Morgan fingerprint density at radius 2 is 1.88 bits per heavy atom. The molecule has 1 atom stereocenters. The number of ether oxygens (including phenoxy) is 2. The highest BCUT2D eigenvalue weighted by atomic mass is 35.5. The van der Waals surface area contributed by atoms with Crippen LogP contribution in [0.4, 0.5) is 0 Å². The van der Waals surface area contributed by atoms with E-state index >= 15 is 0 Å². The number of esters is 2. The molecule has 0 aliphatic heterocycles. The quantitative estimate of drug-likeness (QED) is 0.217. The second kappa shape index (κ2) is 13.4. The number of nitrogens with zero attached hydrogens (tertiary/aromatic N) is 1. The fourth-order valence-electron chi connectivity index (χ4n) is 2.30. The van der Waals surface area contributed by atoms with Crippen molar-refractivity contribution in [3.63, 3.8) is 0 Å². The summed E-state index contributed by atoms with van der Waals surface area (Å²) in [5, 5.41) is 7.16. The predicted octanol–water partition coefficient (Wildman–Crippen LogP) is 2.06. The maximum Gasteiger partial charge on any atom is 0.358 e. The van der Waals surface area contributed by atoms with Crippen molar-refractivity contribution in [1.29, 1.82) is 0 Å². The molecule has 0 bridgehead atoms. The Morgan fingerprint density at radius 1 is 1.21 bits per heavy atom. The summed E-state index contributed by atoms with van der Waals surface area (Å²) in [6.07, 6.45) is 2.80. The van der Waals surface area contributed by atoms with Gasteiger partial charge in [-0.25, -0.2) is 9.78 Å². The van der Waals surface area contributed by atoms with Crippen LogP contribution in [0.5, 0.6) is 0 Å². The zero-order chi connectivity index (χ0) is 25.9. The van der Waals surface area contributed by atoms with Crippen molar-refractivity contribution >= 4 is 46.7 Å². The van der Waals surface area contributed by atoms with Crippen molar-refractivity contribution in [3.05, 3.63) is 28.2 Å². The molecule has 0 spiro atoms. The van der Waals surface area contributed by atoms with Crippen LogP contribution in [0.3, 0.4) is 0 Å². The van der Waals surface area contributed by atoms with Gasteiger partial charge in [-0.2, -0.15) is 0 Å². The van der Waals surface area contributed by atoms with E-state index in [1.54, 1.807) is 38.3 Å². The maximum atomic E-state index is 12.4. The number of carbonyl (C=O) groups excluding carboxylic acids is 4. The van der Waals surface area contributed by atoms with Crippen LogP contribution in [0.15, 0.2) is 17.5 Å². The van der Waals surface area contributed by atoms with E-state index in [0.29, 0.717) is 17.3 Å². The molecular weight excluding hydrogens is 484 g/mol. The zero-order valence-corrected chi connectivity index (χ0v) is 21.7. The fraction of sp³-hybridized carbons (Fsp3) is 0.591. The summed E-state index contributed by atoms with van der Waals surface area (Å²) in [4.78, 5) is 52.6. The number of amides is 2. The van der Waals surface area contributed by atoms with Crippen LogP contribution in [0.1, 0.15) is 63.0 Å². The molecule has 34 heavy (non-hydrogen) atoms. The van der Waals surface area contributed by atoms with Gasteiger partial charge in [-0.1, -0.05) is 6.08 Å². The smallest absolute Gasteiger partial charge is 0.358 e. The number of rotatable bonds is 12. The Labute approximate surface area is 208 Å². The molecule has 190 valence electrons. The molecular formula is C22H33ClN4O6S. The first-order valence-electron chi connectivity index (χ1n) is 10.6. The summed E-state index contributed by atoms with van der Waals surface area (Å²) < 4.78 is 10.6. The SMILES string of the molecule is CC(C)(C)OC(=O)c1csc(CNC(=O)CC(/C=C/CCCl)OC(=O)CNC(=O)C(C)(C)N)n1. The van der Waals surface area contributed by atoms with Crippen molar-refractivity contribution in [2.75, 3.05) is 12.4 Å². The summed E-state index contributed by atoms with van der Waals surface area (Å²) in [7, 11) is 0. The largest absolute Gasteiger partial charge is 0.456 e. The number of hydrogen-bond acceptors (Lipinski definition) is 9. The first-order valence-corrected chi connectivity index (χ1v) is 12.1. The number of nitrogens with two attached hydrogens (primary N) is 1. The molecule has 0 aliphatic carbocycles. The first-order chi connectivity index (χ1) is 15.7. The number of aromatic nitrogens is 1. The molecule has 1 aromatic heterocycles. The summed E-state index contributed by atoms with van der Waals surface area (Å²) >= 11 is 6.88. The minimum atomic E-state index is -1.14. The average Bonchev–Trinajstić information content (AvgIpc) is 3.18. The van der Waals surface area contributed by atoms with Gasteiger partial charge in [0.25, 0.3) is 0 Å². The van der Waals surface area contributed by atoms with Crippen LogP contribution in [-0.2, 0) is 30.4 Å². The molecule has 0 saturated heterocycles. The van der Waals surface area contributed by atoms with Crippen molar-refractivity contribution in [2.45, 2.75) is 71.2 Å². The molecule has 12 heteroatoms. The normalized spacial score (nSPS) is 12.8. The highest BCUT2D eigenvalue weighted by Crippen LogP contribution is 2.15. The lowest BCUT2D eigenvalue weighted by molar-refractivity contribution is -0.148. The highest BCUT2D eigenvalue weighted by molar-refractivity contribution is 7.09. The van der Waals surface area contributed by atoms with Gasteiger partial charge >= 0.3 is 11.9 Å². The molecule has 1 rings (SSSR count). The van der Waals surface area contributed by atoms with Crippen molar-refractivity contribution in [1.82, 2.24) is 15.6 Å². The zero-order valence-electron chi connectivity index (χ0n) is 20.1. The van der Waals surface area contributed by atoms with Gasteiger partial charge in [0.1, 0.15) is 23.3 Å². The van der Waals surface area contributed by atoms with Gasteiger partial charge in [-0.3, -0.25) is 14.4 Å². The fourth-order valence-corrected chi connectivity index (χ4v) is 3.13. The van der Waals surface area contributed by atoms with E-state index in [0.717, 1.165) is 0 Å². The maximum absolute atomic E-state index is 12.4. The number of alkyl halides is 1. The van der Waals surface area contributed by atoms with Gasteiger partial charge in [-0.15, -0.1) is 22.9 Å². The minimum absolute atomic E-state index is 0.0972. The highest BCUT2D eigenvalue weighted by Gasteiger charge is 2.24. The molecule has 0 radical (unpaired) electrons. The van der Waals surface area contributed by atoms with E-state index in [4.69, 9.17) is 26.8 Å². The van der Waals surface area contributed by atoms with Crippen molar-refractivity contribution in [2.24, 2.45) is 5.73 Å². The monoisotopic (exact) mass is 516 g/mol. The summed E-state index contributed by atoms with van der Waals surface area (Å²) in [5.41, 5.74) is 4.06. The van der Waals surface area contributed by atoms with Crippen LogP contribution in [0.2, 0.25) is 0 Å². The topological polar surface area (TPSA) is 150 Å². The number of carbonyl (C=O) groups is 4. The van der Waals surface area contributed by atoms with Crippen molar-refractivity contribution < 1.29 is 28.7 Å². The first kappa shape index (κ1) is 29.5. The van der Waals surface area contributed by atoms with Crippen LogP contribution in [-0.4, -0.2) is 58.4 Å². The molecule has 1 heterocycles. The van der Waals surface area contributed by atoms with Gasteiger partial charge in [0, 0.05) is 11.3 Å². The second-order valence-corrected chi connectivity index (χ2v) is 10.3. The van der Waals surface area contributed by atoms with E-state index < -0.39 is 41.0 Å². The molecule has 1 unspecified atom stereocenters. The van der Waals surface area contributed by atoms with E-state index in [2.05, 4.69) is 15.6 Å². The molecule has 1 aromatic rings. The van der Waals surface area contributed by atoms with Gasteiger partial charge in [-0.05, 0) is 47.1 Å². The van der Waals surface area contributed by atoms with Crippen LogP contribution in [0, 0.1) is 0 Å². The average molecular weight is 517 g/mol. The van der Waals surface area contributed by atoms with Crippen molar-refractivity contribution in [3.8, 4) is 0 Å². The van der Waals surface area contributed by atoms with Crippen LogP contribution < -0.4 is 16.4 Å². The van der Waals surface area contributed by atoms with Gasteiger partial charge in [0.05, 0.1) is 18.5 Å². The molecule has 2 amide bonds. The lowest BCUT2D eigenvalue weighted by atomic mass is 10.1. The summed E-state index contributed by atoms with van der Waals surface area (Å²) in [6, 6.07) is 0. The third kappa shape index (κ3) is 12.1. The lowest BCUT2D eigenvalue weighted by Gasteiger charge is -2.18. The van der Waals surface area contributed by atoms with Gasteiger partial charge in [0.2, 0.25) is 11.8 Å². The Bertz CT molecular complexity index is 889. The molecule has 0 saturated carbocycles. The van der Waals surface area contributed by atoms with E-state index in [-0.39, 0.29) is 25.2 Å². The lowest BCUT2D eigenvalue weighted by Crippen LogP contribution is -2.50. The number of allylic oxidation sites excluding steroid dienone is 1. The minimum Gasteiger partial charge on any atom is -0.456 e. The Morgan fingerprint density at radius 3 is 2.47 bits per heavy atom. The van der Waals surface area contributed by atoms with E-state index in [1.165, 1.54) is 25.2 Å². The predicted molar refractivity (Wildman–Crippen MR) is 129 cm³/mol. The van der Waals surface area contributed by atoms with Gasteiger partial charge < -0.3 is 25.8 Å². The van der Waals surface area contributed by atoms with E-state index in [1.807, 2.05) is 0 Å². The third-order valence-electron chi connectivity index (χ3n) is 3.87. The Kier molecular flexibility index (Phi) is 11.6. The molecule has 0 aromatic carbocycles. The molecule has 0 fully saturated rings. The molecule has 4 N–H and O–H groups in total. The van der Waals surface area contributed by atoms with E-state index in [9.17, 15) is 19.2 Å². The Hall–Kier alpha value is -2.50. The number of nitrogens with one attached hydrogen (secondary N) is 2. The molecule has 10 nitrogen and oxygen atoms in total. The van der Waals surface area contributed by atoms with Gasteiger partial charge in [0.15, 0.2) is 5.69 Å². The summed E-state index contributed by atoms with van der Waals surface area (Å²) in [5.74, 6) is -1.79. The van der Waals surface area contributed by atoms with Crippen LogP contribution in [0.25, 0.3) is 0 Å². The molecule has 0 aliphatic rings. The van der Waals surface area contributed by atoms with Crippen LogP contribution >= 0.6 is 22.9 Å². The number of thiazole rings is 1. The second-order valence-electron chi connectivity index (χ2n) is 8.95. The number of halogens is 1. The Balaban J connectivity index is 2.63. The third-order valence-corrected chi connectivity index (χ3v) is 4.94.